The Morgan fingerprint density at radius 1 is 1.24 bits per heavy atom. The lowest BCUT2D eigenvalue weighted by molar-refractivity contribution is -0.147. The molecular formula is C19H27N3O3. The van der Waals surface area contributed by atoms with Crippen molar-refractivity contribution in [3.8, 4) is 0 Å². The van der Waals surface area contributed by atoms with Gasteiger partial charge in [-0.3, -0.25) is 14.3 Å². The maximum Gasteiger partial charge on any atom is 0.307 e. The van der Waals surface area contributed by atoms with Gasteiger partial charge in [0.25, 0.3) is 0 Å². The number of hydrogen-bond acceptors (Lipinski definition) is 3. The van der Waals surface area contributed by atoms with Crippen LogP contribution in [0.25, 0.3) is 0 Å². The summed E-state index contributed by atoms with van der Waals surface area (Å²) in [6.45, 7) is 6.36. The lowest BCUT2D eigenvalue weighted by atomic mass is 9.82. The molecule has 2 N–H and O–H groups in total. The lowest BCUT2D eigenvalue weighted by Gasteiger charge is -2.30. The molecule has 2 aliphatic carbocycles. The van der Waals surface area contributed by atoms with Crippen LogP contribution in [0.2, 0.25) is 0 Å². The molecule has 6 heteroatoms. The number of aliphatic carboxylic acids is 1. The van der Waals surface area contributed by atoms with E-state index in [1.807, 2.05) is 23.0 Å². The Labute approximate surface area is 148 Å². The van der Waals surface area contributed by atoms with Gasteiger partial charge in [-0.25, -0.2) is 0 Å². The first kappa shape index (κ1) is 17.7. The highest BCUT2D eigenvalue weighted by atomic mass is 16.4. The predicted octanol–water partition coefficient (Wildman–Crippen LogP) is 2.80. The second-order valence-electron chi connectivity index (χ2n) is 8.08. The number of fused-ring (bicyclic) bond motifs is 1. The molecular weight excluding hydrogens is 318 g/mol. The minimum Gasteiger partial charge on any atom is -0.481 e. The molecule has 1 aromatic heterocycles. The van der Waals surface area contributed by atoms with Gasteiger partial charge < -0.3 is 10.4 Å². The molecule has 2 aliphatic rings. The van der Waals surface area contributed by atoms with E-state index in [0.717, 1.165) is 24.8 Å². The van der Waals surface area contributed by atoms with Crippen molar-refractivity contribution in [2.24, 2.45) is 11.8 Å². The van der Waals surface area contributed by atoms with Gasteiger partial charge in [-0.1, -0.05) is 12.2 Å². The normalized spacial score (nSPS) is 26.1. The monoisotopic (exact) mass is 345 g/mol. The molecule has 25 heavy (non-hydrogen) atoms. The molecule has 136 valence electrons. The molecule has 3 atom stereocenters. The van der Waals surface area contributed by atoms with Crippen LogP contribution in [0, 0.1) is 11.8 Å². The summed E-state index contributed by atoms with van der Waals surface area (Å²) in [6.07, 6.45) is 9.36. The van der Waals surface area contributed by atoms with Crippen molar-refractivity contribution in [2.45, 2.75) is 64.5 Å². The summed E-state index contributed by atoms with van der Waals surface area (Å²) in [5.74, 6) is -2.18. The third kappa shape index (κ3) is 3.48. The molecule has 0 saturated carbocycles. The van der Waals surface area contributed by atoms with Gasteiger partial charge in [0.05, 0.1) is 29.6 Å². The smallest absolute Gasteiger partial charge is 0.307 e. The maximum absolute atomic E-state index is 12.8. The van der Waals surface area contributed by atoms with Crippen molar-refractivity contribution in [1.29, 1.82) is 0 Å². The van der Waals surface area contributed by atoms with Gasteiger partial charge in [0.15, 0.2) is 0 Å². The van der Waals surface area contributed by atoms with E-state index in [1.165, 1.54) is 5.69 Å². The average molecular weight is 345 g/mol. The Balaban J connectivity index is 1.79. The van der Waals surface area contributed by atoms with E-state index in [-0.39, 0.29) is 17.5 Å². The molecule has 0 saturated heterocycles. The van der Waals surface area contributed by atoms with Crippen LogP contribution in [0.1, 0.15) is 63.8 Å². The zero-order valence-electron chi connectivity index (χ0n) is 15.2. The minimum absolute atomic E-state index is 0.0762. The molecule has 0 spiro atoms. The third-order valence-corrected chi connectivity index (χ3v) is 5.22. The highest BCUT2D eigenvalue weighted by molar-refractivity contribution is 5.85. The quantitative estimate of drug-likeness (QED) is 0.825. The van der Waals surface area contributed by atoms with Crippen LogP contribution in [0.3, 0.4) is 0 Å². The van der Waals surface area contributed by atoms with Gasteiger partial charge in [-0.2, -0.15) is 5.10 Å². The first-order chi connectivity index (χ1) is 11.8. The standard InChI is InChI=1S/C19H27N3O3/c1-19(2,3)22-16-10-6-9-15(14(16)11-20-22)21-17(23)12-7-4-5-8-13(12)18(24)25/h4-5,11-13,15H,6-10H2,1-3H3,(H,21,23)(H,24,25)/t12-,13+,15-/m0/s1. The number of carbonyl (C=O) groups is 2. The maximum atomic E-state index is 12.8. The molecule has 0 bridgehead atoms. The number of nitrogens with one attached hydrogen (secondary N) is 1. The number of amides is 1. The summed E-state index contributed by atoms with van der Waals surface area (Å²) in [7, 11) is 0. The van der Waals surface area contributed by atoms with Gasteiger partial charge in [0.1, 0.15) is 0 Å². The van der Waals surface area contributed by atoms with Crippen LogP contribution in [-0.2, 0) is 21.5 Å². The number of carboxylic acid groups (broad SMARTS) is 1. The predicted molar refractivity (Wildman–Crippen MR) is 94.0 cm³/mol. The summed E-state index contributed by atoms with van der Waals surface area (Å²) in [5.41, 5.74) is 2.16. The van der Waals surface area contributed by atoms with Crippen molar-refractivity contribution in [3.63, 3.8) is 0 Å². The van der Waals surface area contributed by atoms with Crippen LogP contribution in [-0.4, -0.2) is 26.8 Å². The first-order valence-electron chi connectivity index (χ1n) is 9.04. The van der Waals surface area contributed by atoms with E-state index in [4.69, 9.17) is 0 Å². The number of carbonyl (C=O) groups excluding carboxylic acids is 1. The SMILES string of the molecule is CC(C)(C)n1ncc2c1CCC[C@@H]2NC(=O)[C@H]1CC=CC[C@H]1C(=O)O. The van der Waals surface area contributed by atoms with Crippen LogP contribution < -0.4 is 5.32 Å². The summed E-state index contributed by atoms with van der Waals surface area (Å²) in [5, 5.41) is 17.0. The van der Waals surface area contributed by atoms with Crippen molar-refractivity contribution in [2.75, 3.05) is 0 Å². The molecule has 0 fully saturated rings. The topological polar surface area (TPSA) is 84.2 Å². The van der Waals surface area contributed by atoms with Crippen molar-refractivity contribution >= 4 is 11.9 Å². The van der Waals surface area contributed by atoms with Gasteiger partial charge in [0.2, 0.25) is 5.91 Å². The van der Waals surface area contributed by atoms with Crippen molar-refractivity contribution in [3.05, 3.63) is 29.6 Å². The number of aromatic nitrogens is 2. The van der Waals surface area contributed by atoms with E-state index < -0.39 is 17.8 Å². The molecule has 1 heterocycles. The summed E-state index contributed by atoms with van der Waals surface area (Å²) >= 11 is 0. The van der Waals surface area contributed by atoms with Gasteiger partial charge >= 0.3 is 5.97 Å². The fourth-order valence-corrected chi connectivity index (χ4v) is 3.94. The average Bonchev–Trinajstić information content (AvgIpc) is 3.00. The van der Waals surface area contributed by atoms with E-state index in [2.05, 4.69) is 31.2 Å². The Morgan fingerprint density at radius 2 is 1.92 bits per heavy atom. The zero-order valence-corrected chi connectivity index (χ0v) is 15.2. The molecule has 6 nitrogen and oxygen atoms in total. The summed E-state index contributed by atoms with van der Waals surface area (Å²) in [6, 6.07) is -0.0762. The molecule has 1 aromatic rings. The van der Waals surface area contributed by atoms with Crippen LogP contribution in [0.15, 0.2) is 18.3 Å². The number of rotatable bonds is 3. The molecule has 0 unspecified atom stereocenters. The fraction of sp³-hybridized carbons (Fsp3) is 0.632. The van der Waals surface area contributed by atoms with Gasteiger partial charge in [-0.05, 0) is 52.9 Å². The highest BCUT2D eigenvalue weighted by Gasteiger charge is 2.36. The van der Waals surface area contributed by atoms with E-state index >= 15 is 0 Å². The Hall–Kier alpha value is -2.11. The number of carboxylic acids is 1. The molecule has 0 aromatic carbocycles. The van der Waals surface area contributed by atoms with E-state index in [9.17, 15) is 14.7 Å². The number of hydrogen-bond donors (Lipinski definition) is 2. The number of nitrogens with zero attached hydrogens (tertiary/aromatic N) is 2. The second-order valence-corrected chi connectivity index (χ2v) is 8.08. The lowest BCUT2D eigenvalue weighted by Crippen LogP contribution is -2.41. The summed E-state index contributed by atoms with van der Waals surface area (Å²) in [4.78, 5) is 24.2. The second kappa shape index (κ2) is 6.65. The highest BCUT2D eigenvalue weighted by Crippen LogP contribution is 2.33. The number of allylic oxidation sites excluding steroid dienone is 2. The molecule has 3 rings (SSSR count). The van der Waals surface area contributed by atoms with Crippen LogP contribution >= 0.6 is 0 Å². The van der Waals surface area contributed by atoms with E-state index in [0.29, 0.717) is 12.8 Å². The van der Waals surface area contributed by atoms with Crippen LogP contribution in [0.5, 0.6) is 0 Å². The fourth-order valence-electron chi connectivity index (χ4n) is 3.94. The molecule has 0 aliphatic heterocycles. The Kier molecular flexibility index (Phi) is 4.71. The Bertz CT molecular complexity index is 699. The minimum atomic E-state index is -0.894. The first-order valence-corrected chi connectivity index (χ1v) is 9.04. The van der Waals surface area contributed by atoms with E-state index in [1.54, 1.807) is 0 Å². The van der Waals surface area contributed by atoms with Crippen LogP contribution in [0.4, 0.5) is 0 Å². The van der Waals surface area contributed by atoms with Gasteiger partial charge in [-0.15, -0.1) is 0 Å². The van der Waals surface area contributed by atoms with Crippen molar-refractivity contribution < 1.29 is 14.7 Å². The summed E-state index contributed by atoms with van der Waals surface area (Å²) < 4.78 is 2.05. The molecule has 0 radical (unpaired) electrons. The van der Waals surface area contributed by atoms with Gasteiger partial charge in [0, 0.05) is 11.3 Å². The largest absolute Gasteiger partial charge is 0.481 e. The molecule has 1 amide bonds. The zero-order chi connectivity index (χ0) is 18.2. The Morgan fingerprint density at radius 3 is 2.56 bits per heavy atom. The third-order valence-electron chi connectivity index (χ3n) is 5.22. The van der Waals surface area contributed by atoms with Crippen molar-refractivity contribution in [1.82, 2.24) is 15.1 Å².